The fraction of sp³-hybridized carbons (Fsp3) is 0.414. The number of ether oxygens (including phenoxy) is 3. The molecule has 0 atom stereocenters. The predicted molar refractivity (Wildman–Crippen MR) is 165 cm³/mol. The number of aromatic nitrogens is 3. The van der Waals surface area contributed by atoms with Crippen molar-refractivity contribution < 1.29 is 32.6 Å². The van der Waals surface area contributed by atoms with E-state index in [2.05, 4.69) is 25.6 Å². The quantitative estimate of drug-likeness (QED) is 0.230. The van der Waals surface area contributed by atoms with Gasteiger partial charge in [-0.05, 0) is 59.7 Å². The van der Waals surface area contributed by atoms with Crippen molar-refractivity contribution in [2.45, 2.75) is 58.8 Å². The van der Waals surface area contributed by atoms with Gasteiger partial charge in [-0.2, -0.15) is 9.97 Å². The van der Waals surface area contributed by atoms with Crippen molar-refractivity contribution in [3.63, 3.8) is 0 Å². The van der Waals surface area contributed by atoms with E-state index in [0.717, 1.165) is 11.3 Å². The lowest BCUT2D eigenvalue weighted by molar-refractivity contribution is 0.0104. The minimum Gasteiger partial charge on any atom is -0.467 e. The minimum atomic E-state index is -0.803. The van der Waals surface area contributed by atoms with Crippen LogP contribution in [0.1, 0.15) is 41.5 Å². The van der Waals surface area contributed by atoms with Gasteiger partial charge < -0.3 is 24.4 Å². The number of methoxy groups -OCH3 is 1. The number of thiazole rings is 1. The summed E-state index contributed by atoms with van der Waals surface area (Å²) in [5.41, 5.74) is -1.25. The van der Waals surface area contributed by atoms with Crippen LogP contribution in [0.3, 0.4) is 0 Å². The lowest BCUT2D eigenvalue weighted by atomic mass is 10.0. The van der Waals surface area contributed by atoms with Crippen LogP contribution in [-0.4, -0.2) is 69.5 Å². The van der Waals surface area contributed by atoms with E-state index in [0.29, 0.717) is 13.1 Å². The molecule has 0 aliphatic carbocycles. The van der Waals surface area contributed by atoms with Gasteiger partial charge in [0.25, 0.3) is 0 Å². The summed E-state index contributed by atoms with van der Waals surface area (Å²) >= 11 is 7.55. The van der Waals surface area contributed by atoms with Crippen LogP contribution in [0.4, 0.5) is 29.3 Å². The molecule has 2 N–H and O–H groups in total. The first kappa shape index (κ1) is 31.4. The smallest absolute Gasteiger partial charge is 0.413 e. The van der Waals surface area contributed by atoms with Crippen LogP contribution in [0.15, 0.2) is 18.2 Å². The number of carbonyl (C=O) groups excluding carboxylic acids is 2. The Hall–Kier alpha value is -4.04. The summed E-state index contributed by atoms with van der Waals surface area (Å²) in [5.74, 6) is -1.15. The molecule has 4 aromatic rings. The number of nitrogens with one attached hydrogen (secondary N) is 2. The van der Waals surface area contributed by atoms with E-state index in [9.17, 15) is 14.0 Å². The first-order valence-electron chi connectivity index (χ1n) is 13.6. The maximum absolute atomic E-state index is 16.4. The van der Waals surface area contributed by atoms with E-state index in [1.165, 1.54) is 30.2 Å². The fourth-order valence-corrected chi connectivity index (χ4v) is 5.66. The predicted octanol–water partition coefficient (Wildman–Crippen LogP) is 7.22. The molecular weight excluding hydrogens is 618 g/mol. The van der Waals surface area contributed by atoms with Crippen LogP contribution in [0.5, 0.6) is 6.01 Å². The van der Waals surface area contributed by atoms with Crippen LogP contribution >= 0.6 is 22.9 Å². The van der Waals surface area contributed by atoms with Crippen molar-refractivity contribution in [3.05, 3.63) is 34.9 Å². The number of likely N-dealkylation sites (tertiary alicyclic amines) is 1. The van der Waals surface area contributed by atoms with Gasteiger partial charge in [-0.25, -0.2) is 23.4 Å². The van der Waals surface area contributed by atoms with Gasteiger partial charge in [0, 0.05) is 29.6 Å². The Labute approximate surface area is 260 Å². The van der Waals surface area contributed by atoms with Crippen molar-refractivity contribution in [1.29, 1.82) is 0 Å². The van der Waals surface area contributed by atoms with Crippen molar-refractivity contribution in [2.24, 2.45) is 0 Å². The Morgan fingerprint density at radius 1 is 1.02 bits per heavy atom. The van der Waals surface area contributed by atoms with Crippen molar-refractivity contribution in [3.8, 4) is 17.1 Å². The van der Waals surface area contributed by atoms with Gasteiger partial charge in [0.15, 0.2) is 10.9 Å². The standard InChI is InChI=1S/C29H31ClF2N6O5S/c1-28(2,3)42-26(39)37-25-35-21-14(8-9-17(31)22(21)44-25)18-16(30)10-15-20(19(18)32)34-24(41-7)36-23(15)33-13-11-38(12-13)27(40)43-29(4,5)6/h8-10,13H,11-12H2,1-7H3,(H,33,34,36)(H,35,37,39). The monoisotopic (exact) mass is 648 g/mol. The van der Waals surface area contributed by atoms with Gasteiger partial charge in [0.05, 0.1) is 28.4 Å². The van der Waals surface area contributed by atoms with Gasteiger partial charge in [-0.3, -0.25) is 5.32 Å². The number of anilines is 2. The summed E-state index contributed by atoms with van der Waals surface area (Å²) in [7, 11) is 1.35. The molecule has 0 spiro atoms. The minimum absolute atomic E-state index is 0.00151. The summed E-state index contributed by atoms with van der Waals surface area (Å²) in [6.45, 7) is 11.2. The number of carbonyl (C=O) groups is 2. The lowest BCUT2D eigenvalue weighted by Gasteiger charge is -2.40. The molecule has 5 rings (SSSR count). The van der Waals surface area contributed by atoms with E-state index in [-0.39, 0.29) is 60.3 Å². The van der Waals surface area contributed by atoms with Crippen LogP contribution in [0, 0.1) is 11.6 Å². The molecule has 234 valence electrons. The molecule has 0 bridgehead atoms. The third kappa shape index (κ3) is 6.55. The highest BCUT2D eigenvalue weighted by Gasteiger charge is 2.34. The molecule has 1 fully saturated rings. The maximum Gasteiger partial charge on any atom is 0.413 e. The molecule has 0 radical (unpaired) electrons. The highest BCUT2D eigenvalue weighted by Crippen LogP contribution is 2.42. The SMILES string of the molecule is COc1nc(NC2CN(C(=O)OC(C)(C)C)C2)c2cc(Cl)c(-c3ccc(F)c4sc(NC(=O)OC(C)(C)C)nc34)c(F)c2n1. The highest BCUT2D eigenvalue weighted by atomic mass is 35.5. The molecule has 44 heavy (non-hydrogen) atoms. The maximum atomic E-state index is 16.4. The van der Waals surface area contributed by atoms with Gasteiger partial charge in [0.1, 0.15) is 28.4 Å². The van der Waals surface area contributed by atoms with Gasteiger partial charge in [-0.15, -0.1) is 0 Å². The van der Waals surface area contributed by atoms with Gasteiger partial charge in [0.2, 0.25) is 0 Å². The Balaban J connectivity index is 1.50. The highest BCUT2D eigenvalue weighted by molar-refractivity contribution is 7.22. The molecule has 1 aliphatic rings. The number of halogens is 3. The van der Waals surface area contributed by atoms with Crippen LogP contribution in [0.2, 0.25) is 5.02 Å². The number of benzene rings is 2. The normalized spacial score (nSPS) is 14.0. The zero-order valence-corrected chi connectivity index (χ0v) is 26.7. The third-order valence-corrected chi connectivity index (χ3v) is 7.57. The molecule has 0 unspecified atom stereocenters. The molecule has 2 aromatic heterocycles. The van der Waals surface area contributed by atoms with Crippen LogP contribution < -0.4 is 15.4 Å². The summed E-state index contributed by atoms with van der Waals surface area (Å²) in [6, 6.07) is 3.74. The Morgan fingerprint density at radius 2 is 1.70 bits per heavy atom. The summed E-state index contributed by atoms with van der Waals surface area (Å²) in [5, 5.41) is 6.05. The lowest BCUT2D eigenvalue weighted by Crippen LogP contribution is -2.58. The molecule has 1 saturated heterocycles. The Bertz CT molecular complexity index is 1780. The molecular formula is C29H31ClF2N6O5S. The molecule has 0 saturated carbocycles. The zero-order chi connectivity index (χ0) is 32.1. The molecule has 2 amide bonds. The largest absolute Gasteiger partial charge is 0.467 e. The van der Waals surface area contributed by atoms with Crippen LogP contribution in [-0.2, 0) is 9.47 Å². The number of rotatable bonds is 5. The molecule has 11 nitrogen and oxygen atoms in total. The van der Waals surface area contributed by atoms with E-state index in [1.807, 2.05) is 0 Å². The number of amides is 2. The molecule has 1 aliphatic heterocycles. The average molecular weight is 649 g/mol. The van der Waals surface area contributed by atoms with Gasteiger partial charge in [-0.1, -0.05) is 22.9 Å². The van der Waals surface area contributed by atoms with Crippen molar-refractivity contribution in [1.82, 2.24) is 19.9 Å². The Kier molecular flexibility index (Phi) is 8.18. The topological polar surface area (TPSA) is 128 Å². The first-order valence-corrected chi connectivity index (χ1v) is 14.8. The van der Waals surface area contributed by atoms with Crippen molar-refractivity contribution in [2.75, 3.05) is 30.8 Å². The number of hydrogen-bond donors (Lipinski definition) is 2. The summed E-state index contributed by atoms with van der Waals surface area (Å²) < 4.78 is 47.2. The van der Waals surface area contributed by atoms with E-state index in [4.69, 9.17) is 25.8 Å². The van der Waals surface area contributed by atoms with Crippen molar-refractivity contribution >= 4 is 67.2 Å². The Morgan fingerprint density at radius 3 is 2.34 bits per heavy atom. The third-order valence-electron chi connectivity index (χ3n) is 6.29. The van der Waals surface area contributed by atoms with Crippen LogP contribution in [0.25, 0.3) is 32.2 Å². The first-order chi connectivity index (χ1) is 20.5. The average Bonchev–Trinajstić information content (AvgIpc) is 3.29. The molecule has 2 aromatic carbocycles. The van der Waals surface area contributed by atoms with E-state index < -0.39 is 35.0 Å². The fourth-order valence-electron chi connectivity index (χ4n) is 4.48. The molecule has 3 heterocycles. The summed E-state index contributed by atoms with van der Waals surface area (Å²) in [4.78, 5) is 39.1. The number of hydrogen-bond acceptors (Lipinski definition) is 10. The molecule has 15 heteroatoms. The zero-order valence-electron chi connectivity index (χ0n) is 25.1. The van der Waals surface area contributed by atoms with E-state index >= 15 is 4.39 Å². The number of nitrogens with zero attached hydrogens (tertiary/aromatic N) is 4. The number of fused-ring (bicyclic) bond motifs is 2. The second kappa shape index (κ2) is 11.5. The summed E-state index contributed by atoms with van der Waals surface area (Å²) in [6.07, 6.45) is -1.20. The van der Waals surface area contributed by atoms with E-state index in [1.54, 1.807) is 41.5 Å². The second-order valence-corrected chi connectivity index (χ2v) is 13.6. The van der Waals surface area contributed by atoms with Gasteiger partial charge >= 0.3 is 18.2 Å². The second-order valence-electron chi connectivity index (χ2n) is 12.1.